The Bertz CT molecular complexity index is 1340. The van der Waals surface area contributed by atoms with Gasteiger partial charge in [0.15, 0.2) is 6.61 Å². The van der Waals surface area contributed by atoms with Crippen molar-refractivity contribution in [1.29, 1.82) is 0 Å². The number of alkyl halides is 3. The first-order valence-corrected chi connectivity index (χ1v) is 16.4. The highest BCUT2D eigenvalue weighted by Crippen LogP contribution is 2.44. The van der Waals surface area contributed by atoms with Gasteiger partial charge >= 0.3 is 24.1 Å². The number of carbonyl (C=O) groups excluding carboxylic acids is 3. The number of rotatable bonds is 14. The Morgan fingerprint density at radius 2 is 1.45 bits per heavy atom. The molecule has 0 radical (unpaired) electrons. The summed E-state index contributed by atoms with van der Waals surface area (Å²) in [6.07, 6.45) is 2.67. The van der Waals surface area contributed by atoms with Gasteiger partial charge in [-0.15, -0.1) is 0 Å². The van der Waals surface area contributed by atoms with Gasteiger partial charge < -0.3 is 19.3 Å². The molecule has 260 valence electrons. The Kier molecular flexibility index (Phi) is 12.5. The predicted octanol–water partition coefficient (Wildman–Crippen LogP) is 9.32. The largest absolute Gasteiger partial charge is 0.508 e. The Balaban J connectivity index is 1.75. The Morgan fingerprint density at radius 3 is 2.00 bits per heavy atom. The molecule has 3 rings (SSSR count). The summed E-state index contributed by atoms with van der Waals surface area (Å²) in [5, 5.41) is 9.83. The molecular weight excluding hydrogens is 613 g/mol. The molecule has 1 N–H and O–H groups in total. The average Bonchev–Trinajstić information content (AvgIpc) is 3.02. The van der Waals surface area contributed by atoms with Gasteiger partial charge in [-0.25, -0.2) is 4.79 Å². The fourth-order valence-electron chi connectivity index (χ4n) is 6.14. The monoisotopic (exact) mass is 662 g/mol. The number of phenols is 1. The van der Waals surface area contributed by atoms with E-state index >= 15 is 0 Å². The number of esters is 3. The summed E-state index contributed by atoms with van der Waals surface area (Å²) in [5.41, 5.74) is -1.72. The number of aromatic hydroxyl groups is 1. The maximum Gasteiger partial charge on any atom is 0.422 e. The maximum atomic E-state index is 14.1. The van der Waals surface area contributed by atoms with E-state index in [1.54, 1.807) is 26.0 Å². The first-order valence-electron chi connectivity index (χ1n) is 16.4. The summed E-state index contributed by atoms with van der Waals surface area (Å²) in [7, 11) is 0. The SMILES string of the molecule is CCC(CC(C)(CCC(C)(C)C(=O)Oc1ccc(C(=O)OCC(F)(F)F)cc1)C(=O)OC(C)(C)C1CCCCC1)c1ccc(O)cc1. The second kappa shape index (κ2) is 15.6. The zero-order chi connectivity index (χ0) is 35.0. The minimum absolute atomic E-state index is 0.00217. The van der Waals surface area contributed by atoms with Gasteiger partial charge in [0, 0.05) is 0 Å². The number of hydrogen-bond donors (Lipinski definition) is 1. The highest BCUT2D eigenvalue weighted by Gasteiger charge is 2.44. The van der Waals surface area contributed by atoms with Crippen molar-refractivity contribution < 1.29 is 46.9 Å². The third-order valence-electron chi connectivity index (χ3n) is 9.51. The number of phenolic OH excluding ortho intramolecular Hbond substituents is 1. The Morgan fingerprint density at radius 1 is 0.851 bits per heavy atom. The second-order valence-electron chi connectivity index (χ2n) is 14.3. The first kappa shape index (κ1) is 37.9. The number of benzene rings is 2. The van der Waals surface area contributed by atoms with Crippen LogP contribution in [0.15, 0.2) is 48.5 Å². The number of ether oxygens (including phenoxy) is 3. The van der Waals surface area contributed by atoms with Crippen LogP contribution in [0.1, 0.15) is 121 Å². The van der Waals surface area contributed by atoms with Crippen LogP contribution in [0.2, 0.25) is 0 Å². The van der Waals surface area contributed by atoms with E-state index in [9.17, 15) is 32.7 Å². The van der Waals surface area contributed by atoms with Crippen LogP contribution in [0.5, 0.6) is 11.5 Å². The zero-order valence-electron chi connectivity index (χ0n) is 28.4. The summed E-state index contributed by atoms with van der Waals surface area (Å²) in [4.78, 5) is 39.4. The van der Waals surface area contributed by atoms with Crippen molar-refractivity contribution in [3.63, 3.8) is 0 Å². The molecule has 0 saturated heterocycles. The van der Waals surface area contributed by atoms with Crippen LogP contribution < -0.4 is 4.74 Å². The van der Waals surface area contributed by atoms with Gasteiger partial charge in [0.05, 0.1) is 16.4 Å². The highest BCUT2D eigenvalue weighted by molar-refractivity contribution is 5.89. The Hall–Kier alpha value is -3.56. The molecule has 0 amide bonds. The predicted molar refractivity (Wildman–Crippen MR) is 172 cm³/mol. The molecule has 0 heterocycles. The molecule has 10 heteroatoms. The molecule has 2 aromatic rings. The molecule has 1 aliphatic rings. The van der Waals surface area contributed by atoms with Gasteiger partial charge in [-0.3, -0.25) is 9.59 Å². The summed E-state index contributed by atoms with van der Waals surface area (Å²) in [6, 6.07) is 12.1. The third-order valence-corrected chi connectivity index (χ3v) is 9.51. The molecule has 0 aliphatic heterocycles. The van der Waals surface area contributed by atoms with E-state index in [-0.39, 0.29) is 34.9 Å². The molecule has 47 heavy (non-hydrogen) atoms. The molecule has 2 unspecified atom stereocenters. The van der Waals surface area contributed by atoms with Crippen molar-refractivity contribution >= 4 is 17.9 Å². The van der Waals surface area contributed by atoms with E-state index in [1.807, 2.05) is 32.9 Å². The van der Waals surface area contributed by atoms with Crippen molar-refractivity contribution in [2.45, 2.75) is 117 Å². The molecular formula is C37H49F3O7. The standard InChI is InChI=1S/C37H49F3O7/c1-7-25(26-13-17-29(41)18-14-26)23-36(6,33(44)47-35(4,5)28-11-9-8-10-12-28)22-21-34(2,3)32(43)46-30-19-15-27(16-20-30)31(42)45-24-37(38,39)40/h13-20,25,28,41H,7-12,21-24H2,1-6H3. The fourth-order valence-corrected chi connectivity index (χ4v) is 6.14. The lowest BCUT2D eigenvalue weighted by Crippen LogP contribution is -2.43. The van der Waals surface area contributed by atoms with Gasteiger partial charge in [-0.05, 0) is 127 Å². The summed E-state index contributed by atoms with van der Waals surface area (Å²) in [6.45, 7) is 9.68. The van der Waals surface area contributed by atoms with Crippen molar-refractivity contribution in [3.05, 3.63) is 59.7 Å². The lowest BCUT2D eigenvalue weighted by atomic mass is 9.71. The average molecular weight is 663 g/mol. The molecule has 1 aliphatic carbocycles. The van der Waals surface area contributed by atoms with Crippen LogP contribution in [0.3, 0.4) is 0 Å². The van der Waals surface area contributed by atoms with Gasteiger partial charge in [0.1, 0.15) is 17.1 Å². The smallest absolute Gasteiger partial charge is 0.422 e. The zero-order valence-corrected chi connectivity index (χ0v) is 28.4. The van der Waals surface area contributed by atoms with E-state index in [2.05, 4.69) is 11.7 Å². The highest BCUT2D eigenvalue weighted by atomic mass is 19.4. The van der Waals surface area contributed by atoms with Gasteiger partial charge in [0.2, 0.25) is 0 Å². The normalized spacial score (nSPS) is 16.5. The molecule has 2 atom stereocenters. The summed E-state index contributed by atoms with van der Waals surface area (Å²) >= 11 is 0. The molecule has 2 aromatic carbocycles. The number of hydrogen-bond acceptors (Lipinski definition) is 7. The van der Waals surface area contributed by atoms with E-state index in [0.29, 0.717) is 19.3 Å². The minimum atomic E-state index is -4.64. The van der Waals surface area contributed by atoms with Crippen LogP contribution in [-0.4, -0.2) is 41.4 Å². The van der Waals surface area contributed by atoms with Gasteiger partial charge in [0.25, 0.3) is 0 Å². The van der Waals surface area contributed by atoms with Crippen molar-refractivity contribution in [1.82, 2.24) is 0 Å². The van der Waals surface area contributed by atoms with Crippen LogP contribution >= 0.6 is 0 Å². The topological polar surface area (TPSA) is 99.1 Å². The van der Waals surface area contributed by atoms with E-state index < -0.39 is 41.2 Å². The lowest BCUT2D eigenvalue weighted by molar-refractivity contribution is -0.177. The second-order valence-corrected chi connectivity index (χ2v) is 14.3. The maximum absolute atomic E-state index is 14.1. The number of carbonyl (C=O) groups is 3. The van der Waals surface area contributed by atoms with Crippen LogP contribution in [0.25, 0.3) is 0 Å². The lowest BCUT2D eigenvalue weighted by Gasteiger charge is -2.41. The van der Waals surface area contributed by atoms with Crippen LogP contribution in [0, 0.1) is 16.7 Å². The van der Waals surface area contributed by atoms with Crippen molar-refractivity contribution in [3.8, 4) is 11.5 Å². The third kappa shape index (κ3) is 11.0. The quantitative estimate of drug-likeness (QED) is 0.159. The van der Waals surface area contributed by atoms with E-state index in [4.69, 9.17) is 9.47 Å². The molecule has 7 nitrogen and oxygen atoms in total. The molecule has 0 spiro atoms. The van der Waals surface area contributed by atoms with Gasteiger partial charge in [-0.2, -0.15) is 13.2 Å². The first-order chi connectivity index (χ1) is 21.8. The van der Waals surface area contributed by atoms with Crippen LogP contribution in [-0.2, 0) is 19.1 Å². The van der Waals surface area contributed by atoms with Crippen molar-refractivity contribution in [2.24, 2.45) is 16.7 Å². The summed E-state index contributed by atoms with van der Waals surface area (Å²) < 4.78 is 53.3. The molecule has 0 aromatic heterocycles. The van der Waals surface area contributed by atoms with Crippen LogP contribution in [0.4, 0.5) is 13.2 Å². The molecule has 1 saturated carbocycles. The number of halogens is 3. The Labute approximate surface area is 276 Å². The molecule has 0 bridgehead atoms. The van der Waals surface area contributed by atoms with Crippen molar-refractivity contribution in [2.75, 3.05) is 6.61 Å². The fraction of sp³-hybridized carbons (Fsp3) is 0.595. The minimum Gasteiger partial charge on any atom is -0.508 e. The van der Waals surface area contributed by atoms with Gasteiger partial charge in [-0.1, -0.05) is 38.3 Å². The van der Waals surface area contributed by atoms with E-state index in [0.717, 1.165) is 37.7 Å². The van der Waals surface area contributed by atoms with E-state index in [1.165, 1.54) is 30.7 Å². The molecule has 1 fully saturated rings. The summed E-state index contributed by atoms with van der Waals surface area (Å²) in [5.74, 6) is -1.45.